The summed E-state index contributed by atoms with van der Waals surface area (Å²) in [5, 5.41) is 0. The van der Waals surface area contributed by atoms with Crippen molar-refractivity contribution in [3.05, 3.63) is 0 Å². The van der Waals surface area contributed by atoms with Crippen LogP contribution in [-0.2, 0) is 14.4 Å². The van der Waals surface area contributed by atoms with E-state index in [0.29, 0.717) is 42.5 Å². The zero-order valence-corrected chi connectivity index (χ0v) is 17.5. The minimum absolute atomic E-state index is 0.0933. The van der Waals surface area contributed by atoms with Crippen molar-refractivity contribution >= 4 is 17.3 Å². The zero-order chi connectivity index (χ0) is 19.5. The molecule has 0 amide bonds. The van der Waals surface area contributed by atoms with E-state index in [1.54, 1.807) is 0 Å². The molecule has 28 heavy (non-hydrogen) atoms. The monoisotopic (exact) mass is 386 g/mol. The Balaban J connectivity index is 1.23. The third kappa shape index (κ3) is 4.44. The van der Waals surface area contributed by atoms with Crippen LogP contribution in [0.2, 0.25) is 0 Å². The van der Waals surface area contributed by atoms with Crippen LogP contribution in [0, 0.1) is 35.5 Å². The Morgan fingerprint density at radius 3 is 2.32 bits per heavy atom. The molecule has 4 rings (SSSR count). The fraction of sp³-hybridized carbons (Fsp3) is 0.880. The Morgan fingerprint density at radius 1 is 0.750 bits per heavy atom. The summed E-state index contributed by atoms with van der Waals surface area (Å²) in [5.41, 5.74) is 0. The maximum Gasteiger partial charge on any atom is 0.136 e. The van der Waals surface area contributed by atoms with Crippen LogP contribution in [0.25, 0.3) is 0 Å². The molecule has 0 radical (unpaired) electrons. The smallest absolute Gasteiger partial charge is 0.136 e. The number of rotatable bonds is 6. The Bertz CT molecular complexity index is 595. The number of carbonyl (C=O) groups is 3. The molecule has 4 fully saturated rings. The van der Waals surface area contributed by atoms with E-state index in [0.717, 1.165) is 56.8 Å². The Labute approximate surface area is 170 Å². The average Bonchev–Trinajstić information content (AvgIpc) is 2.73. The number of Topliss-reactive ketones (excluding diaryl/α,β-unsaturated/α-hetero) is 3. The second-order valence-corrected chi connectivity index (χ2v) is 10.3. The third-order valence-corrected chi connectivity index (χ3v) is 8.71. The molecule has 0 spiro atoms. The van der Waals surface area contributed by atoms with E-state index in [1.165, 1.54) is 38.5 Å². The van der Waals surface area contributed by atoms with Crippen LogP contribution in [0.1, 0.15) is 103 Å². The van der Waals surface area contributed by atoms with Gasteiger partial charge in [-0.25, -0.2) is 0 Å². The molecule has 4 saturated carbocycles. The van der Waals surface area contributed by atoms with Gasteiger partial charge in [-0.15, -0.1) is 0 Å². The first-order chi connectivity index (χ1) is 13.6. The minimum Gasteiger partial charge on any atom is -0.299 e. The maximum atomic E-state index is 12.9. The van der Waals surface area contributed by atoms with E-state index in [1.807, 2.05) is 0 Å². The standard InChI is InChI=1S/C25H38O3/c26-23(19-13-12-17-6-1-2-7-18(17)16-19)10-5-11-24(27)22-14-15-25(28)21-9-4-3-8-20(21)22/h17-22H,1-16H2. The number of carbonyl (C=O) groups excluding carboxylic acids is 3. The van der Waals surface area contributed by atoms with Crippen LogP contribution in [0.4, 0.5) is 0 Å². The topological polar surface area (TPSA) is 51.2 Å². The Kier molecular flexibility index (Phi) is 6.68. The van der Waals surface area contributed by atoms with E-state index in [4.69, 9.17) is 0 Å². The normalized spacial score (nSPS) is 38.4. The van der Waals surface area contributed by atoms with Crippen molar-refractivity contribution in [2.75, 3.05) is 0 Å². The maximum absolute atomic E-state index is 12.9. The predicted octanol–water partition coefficient (Wildman–Crippen LogP) is 5.69. The quantitative estimate of drug-likeness (QED) is 0.589. The third-order valence-electron chi connectivity index (χ3n) is 8.71. The highest BCUT2D eigenvalue weighted by molar-refractivity contribution is 5.88. The van der Waals surface area contributed by atoms with Gasteiger partial charge in [0.25, 0.3) is 0 Å². The van der Waals surface area contributed by atoms with Gasteiger partial charge in [0.2, 0.25) is 0 Å². The van der Waals surface area contributed by atoms with Crippen molar-refractivity contribution in [1.82, 2.24) is 0 Å². The Hall–Kier alpha value is -0.990. The summed E-state index contributed by atoms with van der Waals surface area (Å²) in [5.74, 6) is 3.67. The number of fused-ring (bicyclic) bond motifs is 2. The van der Waals surface area contributed by atoms with Crippen LogP contribution < -0.4 is 0 Å². The van der Waals surface area contributed by atoms with Crippen LogP contribution >= 0.6 is 0 Å². The molecule has 0 aliphatic heterocycles. The van der Waals surface area contributed by atoms with Gasteiger partial charge in [-0.1, -0.05) is 38.5 Å². The molecule has 0 saturated heterocycles. The summed E-state index contributed by atoms with van der Waals surface area (Å²) < 4.78 is 0. The first-order valence-corrected chi connectivity index (χ1v) is 12.2. The van der Waals surface area contributed by atoms with Gasteiger partial charge >= 0.3 is 0 Å². The highest BCUT2D eigenvalue weighted by Crippen LogP contribution is 2.44. The molecule has 0 N–H and O–H groups in total. The van der Waals surface area contributed by atoms with Crippen molar-refractivity contribution in [3.8, 4) is 0 Å². The van der Waals surface area contributed by atoms with Gasteiger partial charge < -0.3 is 0 Å². The molecule has 4 aliphatic carbocycles. The largest absolute Gasteiger partial charge is 0.299 e. The van der Waals surface area contributed by atoms with Gasteiger partial charge in [-0.05, 0) is 62.7 Å². The molecule has 6 atom stereocenters. The fourth-order valence-electron chi connectivity index (χ4n) is 7.13. The van der Waals surface area contributed by atoms with Crippen molar-refractivity contribution < 1.29 is 14.4 Å². The zero-order valence-electron chi connectivity index (χ0n) is 17.5. The first kappa shape index (κ1) is 20.3. The molecule has 0 heterocycles. The SMILES string of the molecule is O=C(CCCC(=O)C1CCC(=O)C2CCCCC21)C1CCC2CCCCC2C1. The summed E-state index contributed by atoms with van der Waals surface area (Å²) >= 11 is 0. The van der Waals surface area contributed by atoms with E-state index < -0.39 is 0 Å². The van der Waals surface area contributed by atoms with E-state index >= 15 is 0 Å². The fourth-order valence-corrected chi connectivity index (χ4v) is 7.13. The molecular weight excluding hydrogens is 348 g/mol. The van der Waals surface area contributed by atoms with Crippen molar-refractivity contribution in [2.45, 2.75) is 103 Å². The number of ketones is 3. The van der Waals surface area contributed by atoms with Crippen molar-refractivity contribution in [2.24, 2.45) is 35.5 Å². The highest BCUT2D eigenvalue weighted by atomic mass is 16.1. The molecule has 0 aromatic carbocycles. The van der Waals surface area contributed by atoms with Crippen LogP contribution in [0.5, 0.6) is 0 Å². The van der Waals surface area contributed by atoms with Crippen molar-refractivity contribution in [3.63, 3.8) is 0 Å². The van der Waals surface area contributed by atoms with Crippen LogP contribution in [0.15, 0.2) is 0 Å². The molecule has 0 aromatic rings. The molecule has 0 aromatic heterocycles. The molecule has 4 aliphatic rings. The van der Waals surface area contributed by atoms with Gasteiger partial charge in [-0.3, -0.25) is 14.4 Å². The lowest BCUT2D eigenvalue weighted by Crippen LogP contribution is -2.40. The van der Waals surface area contributed by atoms with Gasteiger partial charge in [-0.2, -0.15) is 0 Å². The number of hydrogen-bond acceptors (Lipinski definition) is 3. The molecule has 0 bridgehead atoms. The van der Waals surface area contributed by atoms with Gasteiger partial charge in [0.1, 0.15) is 17.3 Å². The lowest BCUT2D eigenvalue weighted by molar-refractivity contribution is -0.136. The number of hydrogen-bond donors (Lipinski definition) is 0. The lowest BCUT2D eigenvalue weighted by Gasteiger charge is -2.39. The van der Waals surface area contributed by atoms with E-state index in [-0.39, 0.29) is 17.8 Å². The second kappa shape index (κ2) is 9.22. The molecule has 156 valence electrons. The van der Waals surface area contributed by atoms with Gasteiger partial charge in [0.15, 0.2) is 0 Å². The highest BCUT2D eigenvalue weighted by Gasteiger charge is 2.42. The van der Waals surface area contributed by atoms with Crippen LogP contribution in [-0.4, -0.2) is 17.3 Å². The summed E-state index contributed by atoms with van der Waals surface area (Å²) in [6.45, 7) is 0. The van der Waals surface area contributed by atoms with Crippen LogP contribution in [0.3, 0.4) is 0 Å². The molecule has 3 nitrogen and oxygen atoms in total. The summed E-state index contributed by atoms with van der Waals surface area (Å²) in [4.78, 5) is 37.8. The van der Waals surface area contributed by atoms with E-state index in [2.05, 4.69) is 0 Å². The second-order valence-electron chi connectivity index (χ2n) is 10.3. The average molecular weight is 387 g/mol. The van der Waals surface area contributed by atoms with Crippen molar-refractivity contribution in [1.29, 1.82) is 0 Å². The van der Waals surface area contributed by atoms with E-state index in [9.17, 15) is 14.4 Å². The summed E-state index contributed by atoms with van der Waals surface area (Å²) in [6, 6.07) is 0. The summed E-state index contributed by atoms with van der Waals surface area (Å²) in [7, 11) is 0. The summed E-state index contributed by atoms with van der Waals surface area (Å²) in [6.07, 6.45) is 16.5. The minimum atomic E-state index is 0.0933. The lowest BCUT2D eigenvalue weighted by atomic mass is 9.63. The molecular formula is C25H38O3. The molecule has 3 heteroatoms. The predicted molar refractivity (Wildman–Crippen MR) is 110 cm³/mol. The van der Waals surface area contributed by atoms with Gasteiger partial charge in [0, 0.05) is 37.0 Å². The Morgan fingerprint density at radius 2 is 1.46 bits per heavy atom. The first-order valence-electron chi connectivity index (χ1n) is 12.2. The van der Waals surface area contributed by atoms with Gasteiger partial charge in [0.05, 0.1) is 0 Å². The molecule has 6 unspecified atom stereocenters.